The van der Waals surface area contributed by atoms with Crippen molar-refractivity contribution in [1.29, 1.82) is 0 Å². The highest BCUT2D eigenvalue weighted by atomic mass is 32.2. The molecule has 1 heterocycles. The first-order chi connectivity index (χ1) is 12.1. The third kappa shape index (κ3) is 2.77. The molecule has 25 heavy (non-hydrogen) atoms. The maximum atomic E-state index is 12.8. The fourth-order valence-electron chi connectivity index (χ4n) is 6.07. The Morgan fingerprint density at radius 1 is 1.12 bits per heavy atom. The molecular formula is C20H24N2O2S. The highest BCUT2D eigenvalue weighted by Crippen LogP contribution is 2.55. The number of nitrogens with zero attached hydrogens (tertiary/aromatic N) is 1. The summed E-state index contributed by atoms with van der Waals surface area (Å²) >= 11 is 1.56. The molecule has 6 rings (SSSR count). The van der Waals surface area contributed by atoms with Gasteiger partial charge in [0.15, 0.2) is 0 Å². The number of para-hydroxylation sites is 1. The molecule has 4 bridgehead atoms. The van der Waals surface area contributed by atoms with E-state index in [0.717, 1.165) is 47.6 Å². The van der Waals surface area contributed by atoms with Gasteiger partial charge in [0.25, 0.3) is 0 Å². The van der Waals surface area contributed by atoms with Gasteiger partial charge in [-0.1, -0.05) is 12.1 Å². The van der Waals surface area contributed by atoms with Gasteiger partial charge in [0, 0.05) is 10.4 Å². The largest absolute Gasteiger partial charge is 0.349 e. The summed E-state index contributed by atoms with van der Waals surface area (Å²) in [7, 11) is 0. The molecule has 5 aliphatic rings. The number of fused-ring (bicyclic) bond motifs is 1. The van der Waals surface area contributed by atoms with E-state index in [1.54, 1.807) is 16.7 Å². The van der Waals surface area contributed by atoms with Crippen LogP contribution in [-0.4, -0.2) is 29.7 Å². The summed E-state index contributed by atoms with van der Waals surface area (Å²) in [6, 6.07) is 7.88. The van der Waals surface area contributed by atoms with Gasteiger partial charge in [-0.15, -0.1) is 11.8 Å². The molecule has 0 radical (unpaired) electrons. The van der Waals surface area contributed by atoms with Gasteiger partial charge in [-0.25, -0.2) is 0 Å². The van der Waals surface area contributed by atoms with Crippen molar-refractivity contribution in [1.82, 2.24) is 5.32 Å². The number of benzene rings is 1. The molecule has 4 nitrogen and oxygen atoms in total. The lowest BCUT2D eigenvalue weighted by Crippen LogP contribution is -2.61. The lowest BCUT2D eigenvalue weighted by Gasteiger charge is -2.57. The highest BCUT2D eigenvalue weighted by molar-refractivity contribution is 8.00. The molecule has 0 atom stereocenters. The number of carbonyl (C=O) groups excluding carboxylic acids is 2. The second-order valence-corrected chi connectivity index (χ2v) is 9.50. The minimum absolute atomic E-state index is 0.0111. The summed E-state index contributed by atoms with van der Waals surface area (Å²) in [5, 5.41) is 3.38. The molecule has 0 saturated heterocycles. The number of carbonyl (C=O) groups is 2. The topological polar surface area (TPSA) is 49.4 Å². The fourth-order valence-corrected chi connectivity index (χ4v) is 7.01. The predicted octanol–water partition coefficient (Wildman–Crippen LogP) is 3.21. The van der Waals surface area contributed by atoms with Crippen molar-refractivity contribution in [2.24, 2.45) is 17.8 Å². The zero-order chi connectivity index (χ0) is 17.0. The van der Waals surface area contributed by atoms with Crippen LogP contribution in [0.4, 0.5) is 5.69 Å². The Morgan fingerprint density at radius 2 is 1.76 bits per heavy atom. The predicted molar refractivity (Wildman–Crippen MR) is 98.6 cm³/mol. The van der Waals surface area contributed by atoms with E-state index in [4.69, 9.17) is 0 Å². The SMILES string of the molecule is O=C(CN1C(=O)CSc2ccccc21)NC12CC3CC(CC(C3)C1)C2. The molecule has 1 aromatic rings. The molecular weight excluding hydrogens is 332 g/mol. The van der Waals surface area contributed by atoms with E-state index in [1.807, 2.05) is 24.3 Å². The fraction of sp³-hybridized carbons (Fsp3) is 0.600. The number of anilines is 1. The van der Waals surface area contributed by atoms with Crippen LogP contribution in [0.15, 0.2) is 29.2 Å². The van der Waals surface area contributed by atoms with Gasteiger partial charge in [-0.3, -0.25) is 9.59 Å². The second kappa shape index (κ2) is 5.76. The van der Waals surface area contributed by atoms with Crippen molar-refractivity contribution < 1.29 is 9.59 Å². The molecule has 1 aromatic carbocycles. The van der Waals surface area contributed by atoms with Crippen molar-refractivity contribution in [3.63, 3.8) is 0 Å². The quantitative estimate of drug-likeness (QED) is 0.905. The monoisotopic (exact) mass is 356 g/mol. The van der Waals surface area contributed by atoms with Crippen LogP contribution < -0.4 is 10.2 Å². The first kappa shape index (κ1) is 15.7. The Kier molecular flexibility index (Phi) is 3.63. The van der Waals surface area contributed by atoms with E-state index in [1.165, 1.54) is 19.3 Å². The maximum absolute atomic E-state index is 12.8. The summed E-state index contributed by atoms with van der Waals surface area (Å²) in [5.74, 6) is 2.88. The van der Waals surface area contributed by atoms with Gasteiger partial charge in [0.1, 0.15) is 6.54 Å². The van der Waals surface area contributed by atoms with E-state index in [2.05, 4.69) is 5.32 Å². The van der Waals surface area contributed by atoms with Gasteiger partial charge in [-0.2, -0.15) is 0 Å². The summed E-state index contributed by atoms with van der Waals surface area (Å²) in [4.78, 5) is 28.0. The first-order valence-electron chi connectivity index (χ1n) is 9.43. The average Bonchev–Trinajstić information content (AvgIpc) is 2.56. The van der Waals surface area contributed by atoms with Crippen molar-refractivity contribution in [3.8, 4) is 0 Å². The zero-order valence-electron chi connectivity index (χ0n) is 14.4. The van der Waals surface area contributed by atoms with E-state index in [0.29, 0.717) is 5.75 Å². The Hall–Kier alpha value is -1.49. The molecule has 1 N–H and O–H groups in total. The zero-order valence-corrected chi connectivity index (χ0v) is 15.2. The van der Waals surface area contributed by atoms with Crippen LogP contribution in [0.5, 0.6) is 0 Å². The number of nitrogens with one attached hydrogen (secondary N) is 1. The van der Waals surface area contributed by atoms with E-state index >= 15 is 0 Å². The lowest BCUT2D eigenvalue weighted by molar-refractivity contribution is -0.127. The van der Waals surface area contributed by atoms with Crippen LogP contribution in [0, 0.1) is 17.8 Å². The van der Waals surface area contributed by atoms with Gasteiger partial charge in [-0.05, 0) is 68.4 Å². The normalized spacial score (nSPS) is 35.6. The van der Waals surface area contributed by atoms with Crippen LogP contribution in [-0.2, 0) is 9.59 Å². The van der Waals surface area contributed by atoms with Crippen LogP contribution >= 0.6 is 11.8 Å². The summed E-state index contributed by atoms with van der Waals surface area (Å²) < 4.78 is 0. The minimum Gasteiger partial charge on any atom is -0.349 e. The Balaban J connectivity index is 1.32. The highest BCUT2D eigenvalue weighted by Gasteiger charge is 2.51. The van der Waals surface area contributed by atoms with Crippen LogP contribution in [0.2, 0.25) is 0 Å². The third-order valence-electron chi connectivity index (χ3n) is 6.55. The standard InChI is InChI=1S/C20H24N2O2S/c23-18(11-22-16-3-1-2-4-17(16)25-12-19(22)24)21-20-8-13-5-14(9-20)7-15(6-13)10-20/h1-4,13-15H,5-12H2,(H,21,23). The lowest BCUT2D eigenvalue weighted by atomic mass is 9.53. The number of hydrogen-bond acceptors (Lipinski definition) is 3. The number of rotatable bonds is 3. The summed E-state index contributed by atoms with van der Waals surface area (Å²) in [6.07, 6.45) is 7.53. The Labute approximate surface area is 152 Å². The molecule has 4 saturated carbocycles. The molecule has 4 fully saturated rings. The van der Waals surface area contributed by atoms with Gasteiger partial charge in [0.2, 0.25) is 11.8 Å². The molecule has 5 heteroatoms. The molecule has 0 spiro atoms. The van der Waals surface area contributed by atoms with Gasteiger partial charge in [0.05, 0.1) is 11.4 Å². The van der Waals surface area contributed by atoms with Crippen molar-refractivity contribution in [3.05, 3.63) is 24.3 Å². The maximum Gasteiger partial charge on any atom is 0.240 e. The van der Waals surface area contributed by atoms with Gasteiger partial charge >= 0.3 is 0 Å². The first-order valence-corrected chi connectivity index (χ1v) is 10.4. The van der Waals surface area contributed by atoms with Crippen molar-refractivity contribution in [2.75, 3.05) is 17.2 Å². The molecule has 4 aliphatic carbocycles. The number of thioether (sulfide) groups is 1. The second-order valence-electron chi connectivity index (χ2n) is 8.48. The van der Waals surface area contributed by atoms with Crippen LogP contribution in [0.1, 0.15) is 38.5 Å². The number of amides is 2. The van der Waals surface area contributed by atoms with E-state index < -0.39 is 0 Å². The smallest absolute Gasteiger partial charge is 0.240 e. The van der Waals surface area contributed by atoms with E-state index in [9.17, 15) is 9.59 Å². The molecule has 132 valence electrons. The molecule has 0 aromatic heterocycles. The molecule has 1 aliphatic heterocycles. The number of hydrogen-bond donors (Lipinski definition) is 1. The van der Waals surface area contributed by atoms with Crippen molar-refractivity contribution in [2.45, 2.75) is 49.0 Å². The molecule has 2 amide bonds. The van der Waals surface area contributed by atoms with Crippen molar-refractivity contribution >= 4 is 29.3 Å². The summed E-state index contributed by atoms with van der Waals surface area (Å²) in [5.41, 5.74) is 0.892. The minimum atomic E-state index is 0.0111. The summed E-state index contributed by atoms with van der Waals surface area (Å²) in [6.45, 7) is 0.151. The Bertz CT molecular complexity index is 697. The van der Waals surface area contributed by atoms with Crippen LogP contribution in [0.25, 0.3) is 0 Å². The average molecular weight is 356 g/mol. The van der Waals surface area contributed by atoms with Gasteiger partial charge < -0.3 is 10.2 Å². The third-order valence-corrected chi connectivity index (χ3v) is 7.60. The molecule has 0 unspecified atom stereocenters. The Morgan fingerprint density at radius 3 is 2.44 bits per heavy atom. The van der Waals surface area contributed by atoms with E-state index in [-0.39, 0.29) is 23.9 Å². The van der Waals surface area contributed by atoms with Crippen LogP contribution in [0.3, 0.4) is 0 Å².